The number of fused-ring (bicyclic) bond motifs is 1. The van der Waals surface area contributed by atoms with Crippen LogP contribution in [0.4, 0.5) is 4.79 Å². The van der Waals surface area contributed by atoms with E-state index in [1.165, 1.54) is 0 Å². The lowest BCUT2D eigenvalue weighted by molar-refractivity contribution is -0.121. The Morgan fingerprint density at radius 1 is 1.05 bits per heavy atom. The van der Waals surface area contributed by atoms with Gasteiger partial charge in [0.25, 0.3) is 5.91 Å². The van der Waals surface area contributed by atoms with Crippen LogP contribution in [-0.4, -0.2) is 43.9 Å². The molecule has 0 atom stereocenters. The summed E-state index contributed by atoms with van der Waals surface area (Å²) in [6.07, 6.45) is 1.08. The third kappa shape index (κ3) is 8.95. The Kier molecular flexibility index (Phi) is 9.22. The van der Waals surface area contributed by atoms with Crippen molar-refractivity contribution in [2.45, 2.75) is 60.1 Å². The first-order valence-corrected chi connectivity index (χ1v) is 14.6. The first-order chi connectivity index (χ1) is 18.1. The summed E-state index contributed by atoms with van der Waals surface area (Å²) in [7, 11) is -3.69. The van der Waals surface area contributed by atoms with Crippen molar-refractivity contribution in [1.82, 2.24) is 15.0 Å². The fourth-order valence-corrected chi connectivity index (χ4v) is 4.55. The predicted molar refractivity (Wildman–Crippen MR) is 152 cm³/mol. The van der Waals surface area contributed by atoms with E-state index in [4.69, 9.17) is 14.5 Å². The van der Waals surface area contributed by atoms with Crippen LogP contribution in [0.1, 0.15) is 51.4 Å². The van der Waals surface area contributed by atoms with E-state index in [2.05, 4.69) is 19.2 Å². The molecule has 3 aromatic rings. The Labute approximate surface area is 230 Å². The number of amides is 2. The smallest absolute Gasteiger partial charge is 0.407 e. The van der Waals surface area contributed by atoms with Gasteiger partial charge in [-0.15, -0.1) is 0 Å². The summed E-state index contributed by atoms with van der Waals surface area (Å²) in [6, 6.07) is 13.4. The van der Waals surface area contributed by atoms with Crippen molar-refractivity contribution < 1.29 is 27.5 Å². The number of benzene rings is 2. The number of hydrogen-bond donors (Lipinski definition) is 2. The van der Waals surface area contributed by atoms with Crippen molar-refractivity contribution in [2.75, 3.05) is 12.9 Å². The molecule has 3 rings (SSSR count). The molecule has 0 aliphatic rings. The first-order valence-electron chi connectivity index (χ1n) is 12.7. The third-order valence-corrected chi connectivity index (χ3v) is 6.16. The fourth-order valence-electron chi connectivity index (χ4n) is 4.08. The molecular weight excluding hydrogens is 518 g/mol. The standard InChI is InChI=1S/C29H37N3O6S/c1-18(2)14-25-23(16-30-28(34)38-29(4,5)6)27(20-10-8-19(3)9-11-20)22-15-21(12-13-24(22)31-25)37-17-26(33)32-39(7,35)36/h8-13,15,18H,14,16-17H2,1-7H3,(H,30,34)(H,32,33). The second kappa shape index (κ2) is 12.0. The molecule has 0 radical (unpaired) electrons. The summed E-state index contributed by atoms with van der Waals surface area (Å²) in [5.41, 5.74) is 4.75. The number of aryl methyl sites for hydroxylation is 1. The average molecular weight is 556 g/mol. The van der Waals surface area contributed by atoms with Gasteiger partial charge in [-0.25, -0.2) is 13.2 Å². The van der Waals surface area contributed by atoms with Crippen molar-refractivity contribution in [3.63, 3.8) is 0 Å². The van der Waals surface area contributed by atoms with Crippen LogP contribution >= 0.6 is 0 Å². The van der Waals surface area contributed by atoms with E-state index in [1.54, 1.807) is 12.1 Å². The maximum Gasteiger partial charge on any atom is 0.407 e. The molecule has 0 unspecified atom stereocenters. The van der Waals surface area contributed by atoms with Crippen LogP contribution in [0.25, 0.3) is 22.0 Å². The summed E-state index contributed by atoms with van der Waals surface area (Å²) in [4.78, 5) is 29.5. The van der Waals surface area contributed by atoms with Crippen molar-refractivity contribution in [3.05, 3.63) is 59.3 Å². The Morgan fingerprint density at radius 2 is 1.72 bits per heavy atom. The van der Waals surface area contributed by atoms with Gasteiger partial charge in [-0.3, -0.25) is 14.5 Å². The lowest BCUT2D eigenvalue weighted by Gasteiger charge is -2.22. The first kappa shape index (κ1) is 29.9. The van der Waals surface area contributed by atoms with Crippen molar-refractivity contribution in [1.29, 1.82) is 0 Å². The summed E-state index contributed by atoms with van der Waals surface area (Å²) in [5.74, 6) is -0.0787. The summed E-state index contributed by atoms with van der Waals surface area (Å²) < 4.78 is 35.7. The maximum absolute atomic E-state index is 12.6. The molecule has 9 nitrogen and oxygen atoms in total. The van der Waals surface area contributed by atoms with Gasteiger partial charge < -0.3 is 14.8 Å². The number of hydrogen-bond acceptors (Lipinski definition) is 7. The maximum atomic E-state index is 12.6. The number of alkyl carbamates (subject to hydrolysis) is 1. The van der Waals surface area contributed by atoms with E-state index in [-0.39, 0.29) is 6.54 Å². The van der Waals surface area contributed by atoms with Gasteiger partial charge in [0.2, 0.25) is 10.0 Å². The molecule has 1 aromatic heterocycles. The Hall–Kier alpha value is -3.66. The summed E-state index contributed by atoms with van der Waals surface area (Å²) in [6.45, 7) is 11.4. The second-order valence-electron chi connectivity index (χ2n) is 11.0. The van der Waals surface area contributed by atoms with Crippen LogP contribution in [0.5, 0.6) is 5.75 Å². The van der Waals surface area contributed by atoms with Gasteiger partial charge >= 0.3 is 6.09 Å². The van der Waals surface area contributed by atoms with Gasteiger partial charge in [-0.2, -0.15) is 0 Å². The van der Waals surface area contributed by atoms with E-state index in [0.717, 1.165) is 45.1 Å². The van der Waals surface area contributed by atoms with E-state index in [9.17, 15) is 18.0 Å². The molecule has 210 valence electrons. The van der Waals surface area contributed by atoms with Crippen LogP contribution in [0, 0.1) is 12.8 Å². The molecule has 0 aliphatic carbocycles. The minimum atomic E-state index is -3.69. The number of nitrogens with one attached hydrogen (secondary N) is 2. The molecule has 2 N–H and O–H groups in total. The molecule has 0 aliphatic heterocycles. The lowest BCUT2D eigenvalue weighted by Crippen LogP contribution is -2.33. The average Bonchev–Trinajstić information content (AvgIpc) is 2.79. The molecule has 39 heavy (non-hydrogen) atoms. The molecule has 0 fully saturated rings. The predicted octanol–water partition coefficient (Wildman–Crippen LogP) is 4.89. The lowest BCUT2D eigenvalue weighted by atomic mass is 9.91. The summed E-state index contributed by atoms with van der Waals surface area (Å²) >= 11 is 0. The molecule has 0 spiro atoms. The minimum Gasteiger partial charge on any atom is -0.484 e. The van der Waals surface area contributed by atoms with Gasteiger partial charge in [-0.05, 0) is 69.4 Å². The Morgan fingerprint density at radius 3 is 2.31 bits per heavy atom. The highest BCUT2D eigenvalue weighted by Crippen LogP contribution is 2.36. The SMILES string of the molecule is Cc1ccc(-c2c(CNC(=O)OC(C)(C)C)c(CC(C)C)nc3ccc(OCC(=O)NS(C)(=O)=O)cc23)cc1. The summed E-state index contributed by atoms with van der Waals surface area (Å²) in [5, 5.41) is 3.66. The number of pyridine rings is 1. The third-order valence-electron chi connectivity index (χ3n) is 5.56. The molecule has 10 heteroatoms. The topological polar surface area (TPSA) is 124 Å². The Bertz CT molecular complexity index is 1460. The minimum absolute atomic E-state index is 0.199. The van der Waals surface area contributed by atoms with Crippen LogP contribution in [0.3, 0.4) is 0 Å². The number of aromatic nitrogens is 1. The van der Waals surface area contributed by atoms with E-state index in [1.807, 2.05) is 62.7 Å². The van der Waals surface area contributed by atoms with Gasteiger partial charge in [0, 0.05) is 23.2 Å². The zero-order valence-corrected chi connectivity index (χ0v) is 24.4. The van der Waals surface area contributed by atoms with Crippen molar-refractivity contribution >= 4 is 32.9 Å². The van der Waals surface area contributed by atoms with Crippen LogP contribution in [-0.2, 0) is 32.5 Å². The largest absolute Gasteiger partial charge is 0.484 e. The molecule has 0 bridgehead atoms. The highest BCUT2D eigenvalue weighted by Gasteiger charge is 2.21. The molecular formula is C29H37N3O6S. The highest BCUT2D eigenvalue weighted by atomic mass is 32.2. The number of sulfonamides is 1. The zero-order chi connectivity index (χ0) is 29.0. The fraction of sp³-hybridized carbons (Fsp3) is 0.414. The zero-order valence-electron chi connectivity index (χ0n) is 23.5. The van der Waals surface area contributed by atoms with Crippen molar-refractivity contribution in [2.24, 2.45) is 5.92 Å². The van der Waals surface area contributed by atoms with Gasteiger partial charge in [0.05, 0.1) is 11.8 Å². The van der Waals surface area contributed by atoms with Gasteiger partial charge in [0.1, 0.15) is 11.4 Å². The second-order valence-corrected chi connectivity index (χ2v) is 12.7. The van der Waals surface area contributed by atoms with Crippen LogP contribution in [0.2, 0.25) is 0 Å². The highest BCUT2D eigenvalue weighted by molar-refractivity contribution is 7.89. The normalized spacial score (nSPS) is 11.9. The van der Waals surface area contributed by atoms with E-state index >= 15 is 0 Å². The molecule has 0 saturated carbocycles. The molecule has 0 saturated heterocycles. The van der Waals surface area contributed by atoms with Gasteiger partial charge in [0.15, 0.2) is 6.61 Å². The Balaban J connectivity index is 2.13. The molecule has 2 aromatic carbocycles. The quantitative estimate of drug-likeness (QED) is 0.385. The number of carbonyl (C=O) groups excluding carboxylic acids is 2. The molecule has 2 amide bonds. The molecule has 1 heterocycles. The van der Waals surface area contributed by atoms with Crippen LogP contribution < -0.4 is 14.8 Å². The van der Waals surface area contributed by atoms with Crippen molar-refractivity contribution in [3.8, 4) is 16.9 Å². The number of nitrogens with zero attached hydrogens (tertiary/aromatic N) is 1. The van der Waals surface area contributed by atoms with E-state index < -0.39 is 34.2 Å². The van der Waals surface area contributed by atoms with E-state index in [0.29, 0.717) is 18.1 Å². The number of ether oxygens (including phenoxy) is 2. The van der Waals surface area contributed by atoms with Gasteiger partial charge in [-0.1, -0.05) is 43.7 Å². The van der Waals surface area contributed by atoms with Crippen LogP contribution in [0.15, 0.2) is 42.5 Å². The monoisotopic (exact) mass is 555 g/mol. The number of carbonyl (C=O) groups is 2. The number of rotatable bonds is 9.